The topological polar surface area (TPSA) is 8.17 Å². The number of aryl methyl sites for hydroxylation is 2. The molecule has 0 unspecified atom stereocenters. The van der Waals surface area contributed by atoms with Crippen LogP contribution in [0.4, 0.5) is 0 Å². The number of hydrogen-bond acceptors (Lipinski definition) is 1. The summed E-state index contributed by atoms with van der Waals surface area (Å²) in [6.45, 7) is 1.16. The molecular formula is C14H20N2. The SMILES string of the molecule is CN(C)CCCc1ccc2c(ccn2C)c1. The lowest BCUT2D eigenvalue weighted by Crippen LogP contribution is -2.13. The molecular weight excluding hydrogens is 196 g/mol. The first kappa shape index (κ1) is 11.2. The lowest BCUT2D eigenvalue weighted by atomic mass is 10.1. The number of nitrogens with zero attached hydrogens (tertiary/aromatic N) is 2. The average Bonchev–Trinajstić information content (AvgIpc) is 2.60. The highest BCUT2D eigenvalue weighted by Crippen LogP contribution is 2.17. The summed E-state index contributed by atoms with van der Waals surface area (Å²) in [6.07, 6.45) is 4.52. The molecule has 0 saturated carbocycles. The van der Waals surface area contributed by atoms with E-state index in [1.807, 2.05) is 0 Å². The van der Waals surface area contributed by atoms with Crippen LogP contribution in [0.5, 0.6) is 0 Å². The van der Waals surface area contributed by atoms with Crippen LogP contribution in [0.3, 0.4) is 0 Å². The molecule has 0 bridgehead atoms. The highest BCUT2D eigenvalue weighted by atomic mass is 15.0. The number of fused-ring (bicyclic) bond motifs is 1. The van der Waals surface area contributed by atoms with Gasteiger partial charge in [0.25, 0.3) is 0 Å². The fraction of sp³-hybridized carbons (Fsp3) is 0.429. The predicted octanol–water partition coefficient (Wildman–Crippen LogP) is 2.67. The fourth-order valence-electron chi connectivity index (χ4n) is 2.09. The first-order chi connectivity index (χ1) is 7.66. The molecule has 2 rings (SSSR count). The molecule has 2 nitrogen and oxygen atoms in total. The van der Waals surface area contributed by atoms with Gasteiger partial charge < -0.3 is 9.47 Å². The van der Waals surface area contributed by atoms with E-state index in [1.165, 1.54) is 29.3 Å². The molecule has 86 valence electrons. The smallest absolute Gasteiger partial charge is 0.0477 e. The van der Waals surface area contributed by atoms with Gasteiger partial charge in [-0.3, -0.25) is 0 Å². The maximum atomic E-state index is 2.31. The standard InChI is InChI=1S/C14H20N2/c1-15(2)9-4-5-12-6-7-14-13(11-12)8-10-16(14)3/h6-8,10-11H,4-5,9H2,1-3H3. The summed E-state index contributed by atoms with van der Waals surface area (Å²) in [4.78, 5) is 2.24. The van der Waals surface area contributed by atoms with Crippen molar-refractivity contribution in [3.05, 3.63) is 36.0 Å². The first-order valence-corrected chi connectivity index (χ1v) is 5.85. The minimum atomic E-state index is 1.16. The van der Waals surface area contributed by atoms with Gasteiger partial charge in [-0.2, -0.15) is 0 Å². The Morgan fingerprint density at radius 3 is 2.75 bits per heavy atom. The molecule has 2 aromatic rings. The Hall–Kier alpha value is -1.28. The Labute approximate surface area is 97.5 Å². The Kier molecular flexibility index (Phi) is 3.30. The Bertz CT molecular complexity index is 469. The fourth-order valence-corrected chi connectivity index (χ4v) is 2.09. The molecule has 0 atom stereocenters. The van der Waals surface area contributed by atoms with Crippen molar-refractivity contribution in [3.63, 3.8) is 0 Å². The van der Waals surface area contributed by atoms with E-state index in [0.29, 0.717) is 0 Å². The van der Waals surface area contributed by atoms with Gasteiger partial charge in [0.2, 0.25) is 0 Å². The van der Waals surface area contributed by atoms with Gasteiger partial charge in [0.15, 0.2) is 0 Å². The Balaban J connectivity index is 2.08. The zero-order valence-corrected chi connectivity index (χ0v) is 10.4. The van der Waals surface area contributed by atoms with Crippen LogP contribution in [-0.2, 0) is 13.5 Å². The van der Waals surface area contributed by atoms with Crippen molar-refractivity contribution in [2.24, 2.45) is 7.05 Å². The van der Waals surface area contributed by atoms with Gasteiger partial charge in [0, 0.05) is 18.8 Å². The monoisotopic (exact) mass is 216 g/mol. The summed E-state index contributed by atoms with van der Waals surface area (Å²) in [5.74, 6) is 0. The molecule has 1 aromatic carbocycles. The molecule has 0 amide bonds. The highest BCUT2D eigenvalue weighted by molar-refractivity contribution is 5.80. The Morgan fingerprint density at radius 2 is 2.00 bits per heavy atom. The molecule has 0 spiro atoms. The second-order valence-corrected chi connectivity index (χ2v) is 4.73. The van der Waals surface area contributed by atoms with Crippen molar-refractivity contribution in [1.29, 1.82) is 0 Å². The van der Waals surface area contributed by atoms with Crippen LogP contribution in [0.1, 0.15) is 12.0 Å². The van der Waals surface area contributed by atoms with Crippen LogP contribution in [-0.4, -0.2) is 30.1 Å². The second kappa shape index (κ2) is 4.71. The molecule has 0 aliphatic heterocycles. The summed E-state index contributed by atoms with van der Waals surface area (Å²) < 4.78 is 2.17. The number of aromatic nitrogens is 1. The third-order valence-electron chi connectivity index (χ3n) is 3.02. The summed E-state index contributed by atoms with van der Waals surface area (Å²) in [7, 11) is 6.34. The normalized spacial score (nSPS) is 11.5. The van der Waals surface area contributed by atoms with Crippen molar-refractivity contribution >= 4 is 10.9 Å². The summed E-state index contributed by atoms with van der Waals surface area (Å²) in [5.41, 5.74) is 2.76. The quantitative estimate of drug-likeness (QED) is 0.763. The zero-order valence-electron chi connectivity index (χ0n) is 10.4. The molecule has 1 heterocycles. The van der Waals surface area contributed by atoms with E-state index in [0.717, 1.165) is 6.54 Å². The van der Waals surface area contributed by atoms with E-state index in [-0.39, 0.29) is 0 Å². The predicted molar refractivity (Wildman–Crippen MR) is 69.8 cm³/mol. The largest absolute Gasteiger partial charge is 0.351 e. The van der Waals surface area contributed by atoms with Crippen molar-refractivity contribution in [2.75, 3.05) is 20.6 Å². The van der Waals surface area contributed by atoms with Gasteiger partial charge in [-0.25, -0.2) is 0 Å². The van der Waals surface area contributed by atoms with Gasteiger partial charge >= 0.3 is 0 Å². The molecule has 0 N–H and O–H groups in total. The summed E-state index contributed by atoms with van der Waals surface area (Å²) in [5, 5.41) is 1.35. The van der Waals surface area contributed by atoms with E-state index in [2.05, 4.69) is 61.1 Å². The van der Waals surface area contributed by atoms with Crippen LogP contribution < -0.4 is 0 Å². The van der Waals surface area contributed by atoms with Crippen molar-refractivity contribution in [2.45, 2.75) is 12.8 Å². The third-order valence-corrected chi connectivity index (χ3v) is 3.02. The molecule has 16 heavy (non-hydrogen) atoms. The maximum Gasteiger partial charge on any atom is 0.0477 e. The number of hydrogen-bond donors (Lipinski definition) is 0. The van der Waals surface area contributed by atoms with Crippen LogP contribution >= 0.6 is 0 Å². The summed E-state index contributed by atoms with van der Waals surface area (Å²) >= 11 is 0. The number of rotatable bonds is 4. The van der Waals surface area contributed by atoms with Gasteiger partial charge in [0.05, 0.1) is 0 Å². The lowest BCUT2D eigenvalue weighted by molar-refractivity contribution is 0.400. The first-order valence-electron chi connectivity index (χ1n) is 5.85. The molecule has 0 aliphatic rings. The van der Waals surface area contributed by atoms with Crippen LogP contribution in [0, 0.1) is 0 Å². The number of benzene rings is 1. The van der Waals surface area contributed by atoms with Gasteiger partial charge in [-0.1, -0.05) is 6.07 Å². The lowest BCUT2D eigenvalue weighted by Gasteiger charge is -2.09. The van der Waals surface area contributed by atoms with Crippen LogP contribution in [0.2, 0.25) is 0 Å². The minimum Gasteiger partial charge on any atom is -0.351 e. The maximum absolute atomic E-state index is 2.31. The third kappa shape index (κ3) is 2.45. The minimum absolute atomic E-state index is 1.16. The highest BCUT2D eigenvalue weighted by Gasteiger charge is 2.00. The van der Waals surface area contributed by atoms with E-state index in [1.54, 1.807) is 0 Å². The zero-order chi connectivity index (χ0) is 11.5. The van der Waals surface area contributed by atoms with Crippen LogP contribution in [0.25, 0.3) is 10.9 Å². The van der Waals surface area contributed by atoms with Gasteiger partial charge in [0.1, 0.15) is 0 Å². The van der Waals surface area contributed by atoms with Crippen LogP contribution in [0.15, 0.2) is 30.5 Å². The Morgan fingerprint density at radius 1 is 1.19 bits per heavy atom. The second-order valence-electron chi connectivity index (χ2n) is 4.73. The van der Waals surface area contributed by atoms with E-state index < -0.39 is 0 Å². The molecule has 0 saturated heterocycles. The molecule has 2 heteroatoms. The van der Waals surface area contributed by atoms with E-state index >= 15 is 0 Å². The van der Waals surface area contributed by atoms with Crippen molar-refractivity contribution in [1.82, 2.24) is 9.47 Å². The average molecular weight is 216 g/mol. The van der Waals surface area contributed by atoms with Crippen molar-refractivity contribution in [3.8, 4) is 0 Å². The van der Waals surface area contributed by atoms with Gasteiger partial charge in [-0.05, 0) is 62.6 Å². The van der Waals surface area contributed by atoms with Gasteiger partial charge in [-0.15, -0.1) is 0 Å². The molecule has 1 aromatic heterocycles. The molecule has 0 radical (unpaired) electrons. The van der Waals surface area contributed by atoms with Crippen molar-refractivity contribution < 1.29 is 0 Å². The molecule has 0 fully saturated rings. The van der Waals surface area contributed by atoms with E-state index in [9.17, 15) is 0 Å². The summed E-state index contributed by atoms with van der Waals surface area (Å²) in [6, 6.07) is 8.97. The molecule has 0 aliphatic carbocycles. The van der Waals surface area contributed by atoms with E-state index in [4.69, 9.17) is 0 Å².